The van der Waals surface area contributed by atoms with E-state index in [2.05, 4.69) is 30.8 Å². The Balaban J connectivity index is 1.74. The zero-order valence-electron chi connectivity index (χ0n) is 9.30. The third-order valence-electron chi connectivity index (χ3n) is 2.24. The molecule has 0 amide bonds. The smallest absolute Gasteiger partial charge is 0.177 e. The van der Waals surface area contributed by atoms with E-state index in [0.29, 0.717) is 11.5 Å². The van der Waals surface area contributed by atoms with Crippen LogP contribution < -0.4 is 5.43 Å². The molecular weight excluding hydrogens is 230 g/mol. The first-order chi connectivity index (χ1) is 8.92. The fourth-order valence-electron chi connectivity index (χ4n) is 1.41. The van der Waals surface area contributed by atoms with Crippen molar-refractivity contribution in [3.63, 3.8) is 0 Å². The Hall–Kier alpha value is -2.83. The van der Waals surface area contributed by atoms with Crippen LogP contribution in [0.25, 0.3) is 5.65 Å². The van der Waals surface area contributed by atoms with E-state index >= 15 is 0 Å². The molecule has 3 aromatic heterocycles. The first-order valence-electron chi connectivity index (χ1n) is 5.28. The summed E-state index contributed by atoms with van der Waals surface area (Å²) >= 11 is 0. The van der Waals surface area contributed by atoms with Crippen LogP contribution >= 0.6 is 0 Å². The molecule has 0 fully saturated rings. The van der Waals surface area contributed by atoms with Gasteiger partial charge in [0.25, 0.3) is 0 Å². The van der Waals surface area contributed by atoms with Gasteiger partial charge in [0.05, 0.1) is 6.21 Å². The second-order valence-corrected chi connectivity index (χ2v) is 3.51. The van der Waals surface area contributed by atoms with Gasteiger partial charge >= 0.3 is 0 Å². The van der Waals surface area contributed by atoms with Crippen LogP contribution in [0.5, 0.6) is 0 Å². The second-order valence-electron chi connectivity index (χ2n) is 3.51. The van der Waals surface area contributed by atoms with E-state index in [4.69, 9.17) is 0 Å². The SMILES string of the molecule is C(=NNc1ccc2nncn2n1)c1cccnc1. The molecule has 7 heteroatoms. The molecule has 3 aromatic rings. The number of hydrogen-bond acceptors (Lipinski definition) is 6. The number of hydrazone groups is 1. The maximum Gasteiger partial charge on any atom is 0.177 e. The second kappa shape index (κ2) is 4.58. The van der Waals surface area contributed by atoms with Gasteiger partial charge in [-0.15, -0.1) is 15.3 Å². The van der Waals surface area contributed by atoms with E-state index in [-0.39, 0.29) is 0 Å². The summed E-state index contributed by atoms with van der Waals surface area (Å²) in [7, 11) is 0. The highest BCUT2D eigenvalue weighted by atomic mass is 15.4. The highest BCUT2D eigenvalue weighted by Crippen LogP contribution is 2.03. The number of anilines is 1. The summed E-state index contributed by atoms with van der Waals surface area (Å²) in [5, 5.41) is 15.9. The number of fused-ring (bicyclic) bond motifs is 1. The number of nitrogens with zero attached hydrogens (tertiary/aromatic N) is 6. The Labute approximate surface area is 102 Å². The Morgan fingerprint density at radius 2 is 2.28 bits per heavy atom. The summed E-state index contributed by atoms with van der Waals surface area (Å²) < 4.78 is 1.57. The van der Waals surface area contributed by atoms with Crippen LogP contribution in [0, 0.1) is 0 Å². The molecule has 0 bridgehead atoms. The highest BCUT2D eigenvalue weighted by Gasteiger charge is 1.97. The molecule has 0 aliphatic rings. The van der Waals surface area contributed by atoms with Gasteiger partial charge in [0.1, 0.15) is 6.33 Å². The van der Waals surface area contributed by atoms with Gasteiger partial charge in [-0.05, 0) is 18.2 Å². The quantitative estimate of drug-likeness (QED) is 0.544. The molecule has 0 atom stereocenters. The summed E-state index contributed by atoms with van der Waals surface area (Å²) in [4.78, 5) is 3.99. The van der Waals surface area contributed by atoms with E-state index in [1.54, 1.807) is 29.2 Å². The molecule has 88 valence electrons. The van der Waals surface area contributed by atoms with Gasteiger partial charge in [0, 0.05) is 18.0 Å². The summed E-state index contributed by atoms with van der Waals surface area (Å²) in [6.07, 6.45) is 6.64. The fourth-order valence-corrected chi connectivity index (χ4v) is 1.41. The van der Waals surface area contributed by atoms with Gasteiger partial charge in [-0.25, -0.2) is 0 Å². The average molecular weight is 239 g/mol. The monoisotopic (exact) mass is 239 g/mol. The molecular formula is C11H9N7. The Bertz CT molecular complexity index is 674. The van der Waals surface area contributed by atoms with Gasteiger partial charge in [0.2, 0.25) is 0 Å². The van der Waals surface area contributed by atoms with Crippen molar-refractivity contribution >= 4 is 17.7 Å². The molecule has 0 unspecified atom stereocenters. The van der Waals surface area contributed by atoms with Crippen molar-refractivity contribution < 1.29 is 0 Å². The van der Waals surface area contributed by atoms with Crippen molar-refractivity contribution in [2.75, 3.05) is 5.43 Å². The maximum atomic E-state index is 4.22. The topological polar surface area (TPSA) is 80.4 Å². The first kappa shape index (κ1) is 10.3. The molecule has 0 spiro atoms. The van der Waals surface area contributed by atoms with Gasteiger partial charge < -0.3 is 0 Å². The lowest BCUT2D eigenvalue weighted by Gasteiger charge is -1.98. The molecule has 0 saturated heterocycles. The molecule has 1 N–H and O–H groups in total. The third-order valence-corrected chi connectivity index (χ3v) is 2.24. The highest BCUT2D eigenvalue weighted by molar-refractivity contribution is 5.79. The molecule has 0 saturated carbocycles. The number of aromatic nitrogens is 5. The minimum absolute atomic E-state index is 0.613. The normalized spacial score (nSPS) is 11.1. The molecule has 3 rings (SSSR count). The molecule has 0 radical (unpaired) electrons. The lowest BCUT2D eigenvalue weighted by molar-refractivity contribution is 0.925. The van der Waals surface area contributed by atoms with Crippen LogP contribution in [-0.2, 0) is 0 Å². The molecule has 3 heterocycles. The van der Waals surface area contributed by atoms with E-state index in [1.165, 1.54) is 6.33 Å². The van der Waals surface area contributed by atoms with E-state index in [0.717, 1.165) is 5.56 Å². The van der Waals surface area contributed by atoms with Crippen LogP contribution in [0.4, 0.5) is 5.82 Å². The van der Waals surface area contributed by atoms with E-state index in [9.17, 15) is 0 Å². The lowest BCUT2D eigenvalue weighted by atomic mass is 10.3. The Morgan fingerprint density at radius 3 is 3.17 bits per heavy atom. The van der Waals surface area contributed by atoms with Gasteiger partial charge in [-0.1, -0.05) is 6.07 Å². The fraction of sp³-hybridized carbons (Fsp3) is 0. The van der Waals surface area contributed by atoms with Crippen LogP contribution in [0.15, 0.2) is 48.1 Å². The molecule has 0 aliphatic heterocycles. The molecule has 7 nitrogen and oxygen atoms in total. The van der Waals surface area contributed by atoms with E-state index in [1.807, 2.05) is 18.2 Å². The van der Waals surface area contributed by atoms with Crippen molar-refractivity contribution in [2.45, 2.75) is 0 Å². The number of pyridine rings is 1. The van der Waals surface area contributed by atoms with Gasteiger partial charge in [-0.2, -0.15) is 9.62 Å². The Morgan fingerprint density at radius 1 is 1.28 bits per heavy atom. The number of hydrogen-bond donors (Lipinski definition) is 1. The summed E-state index contributed by atoms with van der Waals surface area (Å²) in [6.45, 7) is 0. The van der Waals surface area contributed by atoms with E-state index < -0.39 is 0 Å². The van der Waals surface area contributed by atoms with Crippen molar-refractivity contribution in [3.05, 3.63) is 48.5 Å². The van der Waals surface area contributed by atoms with Crippen LogP contribution in [0.3, 0.4) is 0 Å². The molecule has 18 heavy (non-hydrogen) atoms. The lowest BCUT2D eigenvalue weighted by Crippen LogP contribution is -1.98. The van der Waals surface area contributed by atoms with Crippen molar-refractivity contribution in [1.29, 1.82) is 0 Å². The van der Waals surface area contributed by atoms with Crippen LogP contribution in [-0.4, -0.2) is 31.0 Å². The standard InChI is InChI=1S/C11H9N7/c1-2-9(6-12-5-1)7-13-15-10-3-4-11-16-14-8-18(11)17-10/h1-8H,(H,15,17). The predicted octanol–water partition coefficient (Wildman–Crippen LogP) is 0.965. The van der Waals surface area contributed by atoms with Crippen LogP contribution in [0.2, 0.25) is 0 Å². The van der Waals surface area contributed by atoms with Crippen molar-refractivity contribution in [2.24, 2.45) is 5.10 Å². The summed E-state index contributed by atoms with van der Waals surface area (Å²) in [5.41, 5.74) is 4.43. The number of nitrogens with one attached hydrogen (secondary N) is 1. The minimum Gasteiger partial charge on any atom is -0.264 e. The third kappa shape index (κ3) is 2.14. The Kier molecular flexibility index (Phi) is 2.63. The molecule has 0 aromatic carbocycles. The average Bonchev–Trinajstić information content (AvgIpc) is 2.87. The summed E-state index contributed by atoms with van der Waals surface area (Å²) in [5.74, 6) is 0.613. The number of rotatable bonds is 3. The molecule has 0 aliphatic carbocycles. The minimum atomic E-state index is 0.613. The first-order valence-corrected chi connectivity index (χ1v) is 5.28. The zero-order chi connectivity index (χ0) is 12.2. The van der Waals surface area contributed by atoms with Gasteiger partial charge in [-0.3, -0.25) is 10.4 Å². The maximum absolute atomic E-state index is 4.22. The largest absolute Gasteiger partial charge is 0.264 e. The van der Waals surface area contributed by atoms with Crippen molar-refractivity contribution in [1.82, 2.24) is 24.8 Å². The summed E-state index contributed by atoms with van der Waals surface area (Å²) in [6, 6.07) is 7.35. The van der Waals surface area contributed by atoms with Crippen LogP contribution in [0.1, 0.15) is 5.56 Å². The predicted molar refractivity (Wildman–Crippen MR) is 66.2 cm³/mol. The zero-order valence-corrected chi connectivity index (χ0v) is 9.30. The van der Waals surface area contributed by atoms with Crippen molar-refractivity contribution in [3.8, 4) is 0 Å². The van der Waals surface area contributed by atoms with Gasteiger partial charge in [0.15, 0.2) is 11.5 Å².